The van der Waals surface area contributed by atoms with E-state index in [9.17, 15) is 8.78 Å². The van der Waals surface area contributed by atoms with Crippen LogP contribution < -0.4 is 15.5 Å². The minimum Gasteiger partial charge on any atom is -0.365 e. The van der Waals surface area contributed by atoms with E-state index in [0.717, 1.165) is 12.2 Å². The van der Waals surface area contributed by atoms with Crippen molar-refractivity contribution in [3.05, 3.63) is 42.0 Å². The fourth-order valence-electron chi connectivity index (χ4n) is 3.00. The largest absolute Gasteiger partial charge is 0.365 e. The fourth-order valence-corrected chi connectivity index (χ4v) is 3.00. The second-order valence-corrected chi connectivity index (χ2v) is 6.14. The number of guanidine groups is 1. The van der Waals surface area contributed by atoms with Gasteiger partial charge in [0.1, 0.15) is 36.0 Å². The van der Waals surface area contributed by atoms with Crippen LogP contribution in [-0.4, -0.2) is 46.4 Å². The van der Waals surface area contributed by atoms with Crippen molar-refractivity contribution in [2.75, 3.05) is 24.5 Å². The van der Waals surface area contributed by atoms with Gasteiger partial charge in [0.15, 0.2) is 5.96 Å². The van der Waals surface area contributed by atoms with Crippen molar-refractivity contribution in [3.63, 3.8) is 0 Å². The Bertz CT molecular complexity index is 760. The van der Waals surface area contributed by atoms with Gasteiger partial charge in [-0.3, -0.25) is 4.68 Å². The molecule has 1 fully saturated rings. The number of nitrogens with zero attached hydrogens (tertiary/aromatic N) is 5. The van der Waals surface area contributed by atoms with Crippen LogP contribution in [0.4, 0.5) is 14.5 Å². The first-order valence-corrected chi connectivity index (χ1v) is 8.65. The molecule has 0 radical (unpaired) electrons. The summed E-state index contributed by atoms with van der Waals surface area (Å²) in [6.45, 7) is 4.17. The second-order valence-electron chi connectivity index (χ2n) is 6.14. The third-order valence-corrected chi connectivity index (χ3v) is 4.31. The number of aliphatic imine (C=N–C) groups is 1. The van der Waals surface area contributed by atoms with Crippen molar-refractivity contribution in [2.45, 2.75) is 25.9 Å². The van der Waals surface area contributed by atoms with Crippen molar-refractivity contribution in [1.29, 1.82) is 0 Å². The molecule has 1 saturated heterocycles. The molecule has 0 spiro atoms. The second kappa shape index (κ2) is 9.81. The maximum absolute atomic E-state index is 14.0. The van der Waals surface area contributed by atoms with Crippen molar-refractivity contribution in [3.8, 4) is 0 Å². The summed E-state index contributed by atoms with van der Waals surface area (Å²) in [4.78, 5) is 10.4. The standard InChI is InChI=1S/C17H23F2N7.HI/c1-3-20-17(21-9-15-22-11-23-25(15)2)24-12-7-8-26(10-12)16-13(18)5-4-6-14(16)19;/h4-6,11-12H,3,7-10H2,1-2H3,(H2,20,21,24);1H. The number of para-hydroxylation sites is 1. The van der Waals surface area contributed by atoms with Crippen LogP contribution in [0.3, 0.4) is 0 Å². The zero-order chi connectivity index (χ0) is 18.5. The van der Waals surface area contributed by atoms with E-state index in [1.807, 2.05) is 14.0 Å². The molecule has 1 atom stereocenters. The van der Waals surface area contributed by atoms with Crippen LogP contribution in [0, 0.1) is 11.6 Å². The number of aromatic nitrogens is 3. The lowest BCUT2D eigenvalue weighted by atomic mass is 10.2. The molecule has 3 rings (SSSR count). The highest BCUT2D eigenvalue weighted by Gasteiger charge is 2.27. The predicted octanol–water partition coefficient (Wildman–Crippen LogP) is 2.05. The van der Waals surface area contributed by atoms with Crippen LogP contribution in [0.15, 0.2) is 29.5 Å². The quantitative estimate of drug-likeness (QED) is 0.381. The molecule has 0 bridgehead atoms. The molecule has 148 valence electrons. The minimum atomic E-state index is -0.534. The third kappa shape index (κ3) is 5.27. The number of aryl methyl sites for hydroxylation is 1. The van der Waals surface area contributed by atoms with Crippen molar-refractivity contribution >= 4 is 35.6 Å². The molecule has 1 aliphatic heterocycles. The number of anilines is 1. The van der Waals surface area contributed by atoms with Gasteiger partial charge in [-0.15, -0.1) is 24.0 Å². The minimum absolute atomic E-state index is 0. The molecule has 7 nitrogen and oxygen atoms in total. The van der Waals surface area contributed by atoms with E-state index in [-0.39, 0.29) is 35.7 Å². The molecule has 0 amide bonds. The number of hydrogen-bond acceptors (Lipinski definition) is 4. The molecule has 2 N–H and O–H groups in total. The summed E-state index contributed by atoms with van der Waals surface area (Å²) in [6, 6.07) is 3.99. The topological polar surface area (TPSA) is 70.4 Å². The van der Waals surface area contributed by atoms with Crippen LogP contribution in [0.1, 0.15) is 19.2 Å². The third-order valence-electron chi connectivity index (χ3n) is 4.31. The van der Waals surface area contributed by atoms with Gasteiger partial charge in [-0.1, -0.05) is 6.07 Å². The summed E-state index contributed by atoms with van der Waals surface area (Å²) in [6.07, 6.45) is 2.26. The van der Waals surface area contributed by atoms with Crippen LogP contribution in [0.5, 0.6) is 0 Å². The first-order valence-electron chi connectivity index (χ1n) is 8.65. The van der Waals surface area contributed by atoms with E-state index in [1.165, 1.54) is 24.5 Å². The number of halogens is 3. The van der Waals surface area contributed by atoms with Gasteiger partial charge in [0.05, 0.1) is 0 Å². The smallest absolute Gasteiger partial charge is 0.191 e. The van der Waals surface area contributed by atoms with Crippen LogP contribution >= 0.6 is 24.0 Å². The lowest BCUT2D eigenvalue weighted by molar-refractivity contribution is 0.576. The van der Waals surface area contributed by atoms with Gasteiger partial charge in [-0.25, -0.2) is 18.8 Å². The predicted molar refractivity (Wildman–Crippen MR) is 111 cm³/mol. The maximum Gasteiger partial charge on any atom is 0.191 e. The van der Waals surface area contributed by atoms with E-state index < -0.39 is 11.6 Å². The van der Waals surface area contributed by atoms with Gasteiger partial charge in [0.2, 0.25) is 0 Å². The molecule has 27 heavy (non-hydrogen) atoms. The highest BCUT2D eigenvalue weighted by Crippen LogP contribution is 2.26. The fraction of sp³-hybridized carbons (Fsp3) is 0.471. The van der Waals surface area contributed by atoms with Crippen molar-refractivity contribution in [2.24, 2.45) is 12.0 Å². The zero-order valence-corrected chi connectivity index (χ0v) is 17.7. The SMILES string of the molecule is CCNC(=NCc1ncnn1C)NC1CCN(c2c(F)cccc2F)C1.I. The molecule has 1 aromatic heterocycles. The highest BCUT2D eigenvalue weighted by atomic mass is 127. The first kappa shape index (κ1) is 21.3. The Balaban J connectivity index is 0.00000261. The molecule has 0 aliphatic carbocycles. The Kier molecular flexibility index (Phi) is 7.75. The number of rotatable bonds is 5. The normalized spacial score (nSPS) is 17.0. The van der Waals surface area contributed by atoms with Gasteiger partial charge in [-0.2, -0.15) is 5.10 Å². The first-order chi connectivity index (χ1) is 12.6. The Hall–Kier alpha value is -1.98. The molecule has 1 aliphatic rings. The molecule has 10 heteroatoms. The lowest BCUT2D eigenvalue weighted by Crippen LogP contribution is -2.44. The van der Waals surface area contributed by atoms with Crippen LogP contribution in [0.25, 0.3) is 0 Å². The van der Waals surface area contributed by atoms with Gasteiger partial charge < -0.3 is 15.5 Å². The zero-order valence-electron chi connectivity index (χ0n) is 15.3. The van der Waals surface area contributed by atoms with E-state index in [1.54, 1.807) is 9.58 Å². The summed E-state index contributed by atoms with van der Waals surface area (Å²) in [5.74, 6) is 0.335. The van der Waals surface area contributed by atoms with Crippen LogP contribution in [-0.2, 0) is 13.6 Å². The summed E-state index contributed by atoms with van der Waals surface area (Å²) >= 11 is 0. The van der Waals surface area contributed by atoms with Gasteiger partial charge in [-0.05, 0) is 25.5 Å². The summed E-state index contributed by atoms with van der Waals surface area (Å²) in [5, 5.41) is 10.5. The molecule has 1 aromatic carbocycles. The van der Waals surface area contributed by atoms with Crippen LogP contribution in [0.2, 0.25) is 0 Å². The van der Waals surface area contributed by atoms with E-state index in [4.69, 9.17) is 0 Å². The van der Waals surface area contributed by atoms with Gasteiger partial charge in [0.25, 0.3) is 0 Å². The maximum atomic E-state index is 14.0. The Labute approximate surface area is 174 Å². The van der Waals surface area contributed by atoms with E-state index in [2.05, 4.69) is 25.7 Å². The van der Waals surface area contributed by atoms with Gasteiger partial charge >= 0.3 is 0 Å². The van der Waals surface area contributed by atoms with E-state index in [0.29, 0.717) is 32.1 Å². The molecule has 2 heterocycles. The monoisotopic (exact) mass is 491 g/mol. The molecule has 1 unspecified atom stereocenters. The lowest BCUT2D eigenvalue weighted by Gasteiger charge is -2.21. The number of benzene rings is 1. The highest BCUT2D eigenvalue weighted by molar-refractivity contribution is 14.0. The number of nitrogens with one attached hydrogen (secondary N) is 2. The Morgan fingerprint density at radius 2 is 2.07 bits per heavy atom. The molecule has 0 saturated carbocycles. The average molecular weight is 491 g/mol. The summed E-state index contributed by atoms with van der Waals surface area (Å²) < 4.78 is 29.6. The average Bonchev–Trinajstić information content (AvgIpc) is 3.22. The summed E-state index contributed by atoms with van der Waals surface area (Å²) in [5.41, 5.74) is 0.0397. The molecule has 2 aromatic rings. The van der Waals surface area contributed by atoms with Crippen molar-refractivity contribution in [1.82, 2.24) is 25.4 Å². The molecular weight excluding hydrogens is 467 g/mol. The van der Waals surface area contributed by atoms with Gasteiger partial charge in [0, 0.05) is 32.7 Å². The molecular formula is C17H24F2IN7. The van der Waals surface area contributed by atoms with E-state index >= 15 is 0 Å². The number of hydrogen-bond donors (Lipinski definition) is 2. The summed E-state index contributed by atoms with van der Waals surface area (Å²) in [7, 11) is 1.82. The van der Waals surface area contributed by atoms with Crippen molar-refractivity contribution < 1.29 is 8.78 Å². The Morgan fingerprint density at radius 3 is 2.70 bits per heavy atom. The Morgan fingerprint density at radius 1 is 1.33 bits per heavy atom.